The van der Waals surface area contributed by atoms with Gasteiger partial charge in [-0.05, 0) is 17.7 Å². The third-order valence-corrected chi connectivity index (χ3v) is 1.72. The lowest BCUT2D eigenvalue weighted by Crippen LogP contribution is -1.82. The van der Waals surface area contributed by atoms with Gasteiger partial charge in [-0.25, -0.2) is 0 Å². The van der Waals surface area contributed by atoms with Crippen molar-refractivity contribution >= 4 is 15.9 Å². The van der Waals surface area contributed by atoms with E-state index in [4.69, 9.17) is 5.11 Å². The number of benzene rings is 1. The van der Waals surface area contributed by atoms with Gasteiger partial charge in [0.05, 0.1) is 11.9 Å². The van der Waals surface area contributed by atoms with Gasteiger partial charge in [0.1, 0.15) is 0 Å². The Morgan fingerprint density at radius 3 is 2.42 bits per heavy atom. The van der Waals surface area contributed by atoms with Crippen LogP contribution in [0.4, 0.5) is 0 Å². The van der Waals surface area contributed by atoms with Crippen LogP contribution < -0.4 is 0 Å². The Morgan fingerprint density at radius 2 is 1.92 bits per heavy atom. The van der Waals surface area contributed by atoms with Crippen LogP contribution in [0, 0.1) is 11.8 Å². The lowest BCUT2D eigenvalue weighted by Gasteiger charge is -1.94. The van der Waals surface area contributed by atoms with E-state index in [0.29, 0.717) is 5.33 Å². The van der Waals surface area contributed by atoms with E-state index in [0.717, 1.165) is 11.1 Å². The van der Waals surface area contributed by atoms with Crippen molar-refractivity contribution in [1.29, 1.82) is 0 Å². The van der Waals surface area contributed by atoms with Crippen LogP contribution in [0.5, 0.6) is 0 Å². The van der Waals surface area contributed by atoms with E-state index < -0.39 is 0 Å². The summed E-state index contributed by atoms with van der Waals surface area (Å²) < 4.78 is 0. The van der Waals surface area contributed by atoms with Gasteiger partial charge in [-0.1, -0.05) is 39.9 Å². The van der Waals surface area contributed by atoms with Crippen molar-refractivity contribution in [3.8, 4) is 11.8 Å². The first-order valence-corrected chi connectivity index (χ1v) is 4.73. The van der Waals surface area contributed by atoms with E-state index in [2.05, 4.69) is 27.8 Å². The van der Waals surface area contributed by atoms with Crippen LogP contribution in [-0.4, -0.2) is 10.4 Å². The zero-order valence-electron chi connectivity index (χ0n) is 6.55. The molecular formula is C10H9BrO. The summed E-state index contributed by atoms with van der Waals surface area (Å²) in [6.07, 6.45) is 0. The molecule has 0 amide bonds. The molecule has 1 aromatic rings. The van der Waals surface area contributed by atoms with Crippen LogP contribution in [-0.2, 0) is 6.61 Å². The molecule has 0 spiro atoms. The molecule has 0 fully saturated rings. The number of hydrogen-bond acceptors (Lipinski definition) is 1. The number of aliphatic hydroxyl groups excluding tert-OH is 1. The third-order valence-electron chi connectivity index (χ3n) is 1.44. The Kier molecular flexibility index (Phi) is 3.86. The average molecular weight is 225 g/mol. The van der Waals surface area contributed by atoms with E-state index in [1.165, 1.54) is 0 Å². The molecule has 0 aliphatic rings. The SMILES string of the molecule is OCc1ccc(C#CCBr)cc1. The summed E-state index contributed by atoms with van der Waals surface area (Å²) >= 11 is 3.22. The van der Waals surface area contributed by atoms with E-state index >= 15 is 0 Å². The van der Waals surface area contributed by atoms with E-state index in [-0.39, 0.29) is 6.61 Å². The zero-order valence-corrected chi connectivity index (χ0v) is 8.13. The van der Waals surface area contributed by atoms with E-state index in [9.17, 15) is 0 Å². The molecule has 0 atom stereocenters. The predicted molar refractivity (Wildman–Crippen MR) is 53.0 cm³/mol. The van der Waals surface area contributed by atoms with Crippen LogP contribution in [0.25, 0.3) is 0 Å². The lowest BCUT2D eigenvalue weighted by atomic mass is 10.1. The molecule has 0 saturated carbocycles. The van der Waals surface area contributed by atoms with Gasteiger partial charge >= 0.3 is 0 Å². The molecule has 2 heteroatoms. The molecule has 0 aromatic heterocycles. The molecule has 0 radical (unpaired) electrons. The van der Waals surface area contributed by atoms with Crippen LogP contribution in [0.2, 0.25) is 0 Å². The third kappa shape index (κ3) is 2.69. The highest BCUT2D eigenvalue weighted by atomic mass is 79.9. The molecular weight excluding hydrogens is 216 g/mol. The van der Waals surface area contributed by atoms with Gasteiger partial charge in [0.15, 0.2) is 0 Å². The largest absolute Gasteiger partial charge is 0.392 e. The fourth-order valence-corrected chi connectivity index (χ4v) is 0.969. The molecule has 0 saturated heterocycles. The second-order valence-electron chi connectivity index (χ2n) is 2.29. The molecule has 0 unspecified atom stereocenters. The molecule has 62 valence electrons. The van der Waals surface area contributed by atoms with Gasteiger partial charge in [0.2, 0.25) is 0 Å². The quantitative estimate of drug-likeness (QED) is 0.571. The Hall–Kier alpha value is -0.780. The van der Waals surface area contributed by atoms with E-state index in [1.54, 1.807) is 0 Å². The van der Waals surface area contributed by atoms with Crippen molar-refractivity contribution in [2.45, 2.75) is 6.61 Å². The summed E-state index contributed by atoms with van der Waals surface area (Å²) in [7, 11) is 0. The molecule has 1 nitrogen and oxygen atoms in total. The summed E-state index contributed by atoms with van der Waals surface area (Å²) in [6.45, 7) is 0.0894. The molecule has 0 aliphatic carbocycles. The van der Waals surface area contributed by atoms with Gasteiger partial charge in [-0.2, -0.15) is 0 Å². The summed E-state index contributed by atoms with van der Waals surface area (Å²) in [5.74, 6) is 5.87. The van der Waals surface area contributed by atoms with Crippen molar-refractivity contribution in [2.75, 3.05) is 5.33 Å². The van der Waals surface area contributed by atoms with Gasteiger partial charge < -0.3 is 5.11 Å². The second kappa shape index (κ2) is 4.97. The Labute approximate surface area is 80.6 Å². The lowest BCUT2D eigenvalue weighted by molar-refractivity contribution is 0.282. The summed E-state index contributed by atoms with van der Waals surface area (Å²) in [5, 5.41) is 9.45. The Morgan fingerprint density at radius 1 is 1.25 bits per heavy atom. The minimum Gasteiger partial charge on any atom is -0.392 e. The standard InChI is InChI=1S/C10H9BrO/c11-7-1-2-9-3-5-10(8-12)6-4-9/h3-6,12H,7-8H2. The Bertz CT molecular complexity index is 292. The number of halogens is 1. The van der Waals surface area contributed by atoms with Gasteiger partial charge in [0.25, 0.3) is 0 Å². The molecule has 0 aliphatic heterocycles. The van der Waals surface area contributed by atoms with Gasteiger partial charge in [-0.3, -0.25) is 0 Å². The fourth-order valence-electron chi connectivity index (χ4n) is 0.829. The highest BCUT2D eigenvalue weighted by molar-refractivity contribution is 9.09. The van der Waals surface area contributed by atoms with Crippen molar-refractivity contribution in [1.82, 2.24) is 0 Å². The van der Waals surface area contributed by atoms with Crippen LogP contribution in [0.3, 0.4) is 0 Å². The molecule has 0 heterocycles. The van der Waals surface area contributed by atoms with Crippen molar-refractivity contribution in [2.24, 2.45) is 0 Å². The normalized spacial score (nSPS) is 8.83. The maximum Gasteiger partial charge on any atom is 0.0681 e. The van der Waals surface area contributed by atoms with Crippen LogP contribution in [0.15, 0.2) is 24.3 Å². The second-order valence-corrected chi connectivity index (χ2v) is 2.85. The first-order valence-electron chi connectivity index (χ1n) is 3.61. The number of rotatable bonds is 1. The molecule has 0 bridgehead atoms. The van der Waals surface area contributed by atoms with E-state index in [1.807, 2.05) is 24.3 Å². The number of alkyl halides is 1. The Balaban J connectivity index is 2.78. The number of aliphatic hydroxyl groups is 1. The maximum absolute atomic E-state index is 8.76. The zero-order chi connectivity index (χ0) is 8.81. The molecule has 1 aromatic carbocycles. The smallest absolute Gasteiger partial charge is 0.0681 e. The fraction of sp³-hybridized carbons (Fsp3) is 0.200. The van der Waals surface area contributed by atoms with Crippen molar-refractivity contribution in [3.63, 3.8) is 0 Å². The van der Waals surface area contributed by atoms with Crippen molar-refractivity contribution < 1.29 is 5.11 Å². The molecule has 1 rings (SSSR count). The monoisotopic (exact) mass is 224 g/mol. The summed E-state index contributed by atoms with van der Waals surface area (Å²) in [5.41, 5.74) is 1.89. The van der Waals surface area contributed by atoms with Crippen LogP contribution in [0.1, 0.15) is 11.1 Å². The minimum atomic E-state index is 0.0894. The first-order chi connectivity index (χ1) is 5.86. The van der Waals surface area contributed by atoms with Gasteiger partial charge in [0, 0.05) is 5.56 Å². The van der Waals surface area contributed by atoms with Crippen LogP contribution >= 0.6 is 15.9 Å². The van der Waals surface area contributed by atoms with Gasteiger partial charge in [-0.15, -0.1) is 0 Å². The summed E-state index contributed by atoms with van der Waals surface area (Å²) in [4.78, 5) is 0. The summed E-state index contributed by atoms with van der Waals surface area (Å²) in [6, 6.07) is 7.55. The number of hydrogen-bond donors (Lipinski definition) is 1. The average Bonchev–Trinajstić information content (AvgIpc) is 2.15. The molecule has 1 N–H and O–H groups in total. The minimum absolute atomic E-state index is 0.0894. The molecule has 12 heavy (non-hydrogen) atoms. The highest BCUT2D eigenvalue weighted by Gasteiger charge is 1.88. The topological polar surface area (TPSA) is 20.2 Å². The highest BCUT2D eigenvalue weighted by Crippen LogP contribution is 2.02. The predicted octanol–water partition coefficient (Wildman–Crippen LogP) is 1.93. The maximum atomic E-state index is 8.76. The van der Waals surface area contributed by atoms with Crippen molar-refractivity contribution in [3.05, 3.63) is 35.4 Å². The first kappa shape index (κ1) is 9.31.